The molecule has 1 aliphatic heterocycles. The maximum absolute atomic E-state index is 9.04. The third kappa shape index (κ3) is 2.10. The molecule has 1 aliphatic rings. The zero-order valence-corrected chi connectivity index (χ0v) is 9.48. The Morgan fingerprint density at radius 2 is 2.13 bits per heavy atom. The van der Waals surface area contributed by atoms with Crippen LogP contribution in [0.2, 0.25) is 10.0 Å². The second kappa shape index (κ2) is 4.02. The lowest BCUT2D eigenvalue weighted by atomic mass is 9.81. The van der Waals surface area contributed by atoms with E-state index < -0.39 is 5.41 Å². The zero-order chi connectivity index (χ0) is 10.9. The summed E-state index contributed by atoms with van der Waals surface area (Å²) in [5.41, 5.74) is 0.559. The van der Waals surface area contributed by atoms with Crippen LogP contribution in [0.25, 0.3) is 0 Å². The molecule has 0 bridgehead atoms. The second-order valence-electron chi connectivity index (χ2n) is 3.80. The highest BCUT2D eigenvalue weighted by atomic mass is 35.5. The number of rotatable bonds is 2. The molecule has 0 amide bonds. The van der Waals surface area contributed by atoms with Gasteiger partial charge in [-0.25, -0.2) is 0 Å². The lowest BCUT2D eigenvalue weighted by Gasteiger charge is -2.35. The van der Waals surface area contributed by atoms with Crippen LogP contribution in [-0.4, -0.2) is 13.2 Å². The van der Waals surface area contributed by atoms with Gasteiger partial charge >= 0.3 is 0 Å². The lowest BCUT2D eigenvalue weighted by Crippen LogP contribution is -2.43. The Morgan fingerprint density at radius 1 is 1.40 bits per heavy atom. The van der Waals surface area contributed by atoms with Gasteiger partial charge in [0, 0.05) is 10.0 Å². The normalized spacial score (nSPS) is 17.9. The van der Waals surface area contributed by atoms with Gasteiger partial charge in [0.2, 0.25) is 0 Å². The summed E-state index contributed by atoms with van der Waals surface area (Å²) < 4.78 is 5.07. The van der Waals surface area contributed by atoms with Crippen molar-refractivity contribution in [3.8, 4) is 6.07 Å². The van der Waals surface area contributed by atoms with E-state index >= 15 is 0 Å². The van der Waals surface area contributed by atoms with Gasteiger partial charge in [0.05, 0.1) is 19.3 Å². The first-order valence-electron chi connectivity index (χ1n) is 4.58. The van der Waals surface area contributed by atoms with Crippen LogP contribution in [0, 0.1) is 16.7 Å². The molecule has 0 atom stereocenters. The van der Waals surface area contributed by atoms with Crippen molar-refractivity contribution in [2.45, 2.75) is 6.42 Å². The van der Waals surface area contributed by atoms with E-state index in [1.54, 1.807) is 12.1 Å². The van der Waals surface area contributed by atoms with Crippen LogP contribution in [0.3, 0.4) is 0 Å². The molecule has 0 unspecified atom stereocenters. The molecule has 1 heterocycles. The topological polar surface area (TPSA) is 33.0 Å². The monoisotopic (exact) mass is 241 g/mol. The summed E-state index contributed by atoms with van der Waals surface area (Å²) in [7, 11) is 0. The Labute approximate surface area is 98.4 Å². The van der Waals surface area contributed by atoms with Gasteiger partial charge in [0.1, 0.15) is 5.41 Å². The average Bonchev–Trinajstić information content (AvgIpc) is 2.14. The van der Waals surface area contributed by atoms with Crippen molar-refractivity contribution in [3.05, 3.63) is 33.8 Å². The van der Waals surface area contributed by atoms with Gasteiger partial charge in [-0.15, -0.1) is 0 Å². The van der Waals surface area contributed by atoms with E-state index in [1.807, 2.05) is 6.07 Å². The smallest absolute Gasteiger partial charge is 0.108 e. The first-order valence-corrected chi connectivity index (χ1v) is 5.34. The summed E-state index contributed by atoms with van der Waals surface area (Å²) in [4.78, 5) is 0. The summed E-state index contributed by atoms with van der Waals surface area (Å²) >= 11 is 11.8. The van der Waals surface area contributed by atoms with Crippen molar-refractivity contribution < 1.29 is 4.74 Å². The third-order valence-corrected chi connectivity index (χ3v) is 3.12. The second-order valence-corrected chi connectivity index (χ2v) is 4.64. The Morgan fingerprint density at radius 3 is 2.60 bits per heavy atom. The molecule has 0 radical (unpaired) electrons. The van der Waals surface area contributed by atoms with Gasteiger partial charge in [-0.05, 0) is 24.1 Å². The van der Waals surface area contributed by atoms with Crippen LogP contribution < -0.4 is 0 Å². The van der Waals surface area contributed by atoms with E-state index in [0.29, 0.717) is 29.7 Å². The van der Waals surface area contributed by atoms with Gasteiger partial charge in [0.25, 0.3) is 0 Å². The van der Waals surface area contributed by atoms with Gasteiger partial charge < -0.3 is 4.74 Å². The first-order chi connectivity index (χ1) is 7.15. The number of ether oxygens (including phenoxy) is 1. The van der Waals surface area contributed by atoms with Crippen molar-refractivity contribution in [3.63, 3.8) is 0 Å². The fraction of sp³-hybridized carbons (Fsp3) is 0.364. The molecule has 0 aliphatic carbocycles. The third-order valence-electron chi connectivity index (χ3n) is 2.54. The summed E-state index contributed by atoms with van der Waals surface area (Å²) in [6, 6.07) is 7.63. The Kier molecular flexibility index (Phi) is 2.88. The van der Waals surface area contributed by atoms with Gasteiger partial charge in [0.15, 0.2) is 0 Å². The molecule has 0 spiro atoms. The number of halogens is 2. The molecule has 0 aromatic heterocycles. The maximum Gasteiger partial charge on any atom is 0.108 e. The molecule has 1 aromatic carbocycles. The molecule has 2 rings (SSSR count). The first kappa shape index (κ1) is 10.8. The van der Waals surface area contributed by atoms with Crippen LogP contribution in [0.15, 0.2) is 18.2 Å². The van der Waals surface area contributed by atoms with Crippen molar-refractivity contribution in [2.24, 2.45) is 5.41 Å². The fourth-order valence-electron chi connectivity index (χ4n) is 1.58. The number of benzene rings is 1. The van der Waals surface area contributed by atoms with Gasteiger partial charge in [-0.2, -0.15) is 5.26 Å². The van der Waals surface area contributed by atoms with Crippen LogP contribution in [-0.2, 0) is 11.2 Å². The van der Waals surface area contributed by atoms with E-state index in [2.05, 4.69) is 6.07 Å². The number of hydrogen-bond acceptors (Lipinski definition) is 2. The summed E-state index contributed by atoms with van der Waals surface area (Å²) in [5, 5.41) is 10.3. The molecule has 0 saturated carbocycles. The van der Waals surface area contributed by atoms with Crippen molar-refractivity contribution in [2.75, 3.05) is 13.2 Å². The minimum absolute atomic E-state index is 0.391. The van der Waals surface area contributed by atoms with Crippen LogP contribution in [0.4, 0.5) is 0 Å². The molecule has 1 fully saturated rings. The number of nitrogens with zero attached hydrogens (tertiary/aromatic N) is 1. The van der Waals surface area contributed by atoms with E-state index in [4.69, 9.17) is 33.2 Å². The molecular weight excluding hydrogens is 233 g/mol. The molecule has 4 heteroatoms. The standard InChI is InChI=1S/C11H9Cl2NO/c12-9-2-1-8(10(13)3-9)4-11(5-14)6-15-7-11/h1-3H,4,6-7H2. The predicted octanol–water partition coefficient (Wildman–Crippen LogP) is 3.08. The highest BCUT2D eigenvalue weighted by Gasteiger charge is 2.39. The molecule has 1 saturated heterocycles. The fourth-order valence-corrected chi connectivity index (χ4v) is 2.06. The Hall–Kier alpha value is -0.750. The summed E-state index contributed by atoms with van der Waals surface area (Å²) in [6.07, 6.45) is 0.625. The highest BCUT2D eigenvalue weighted by Crippen LogP contribution is 2.33. The Balaban J connectivity index is 2.21. The minimum Gasteiger partial charge on any atom is -0.378 e. The highest BCUT2D eigenvalue weighted by molar-refractivity contribution is 6.35. The molecule has 78 valence electrons. The minimum atomic E-state index is -0.391. The van der Waals surface area contributed by atoms with E-state index in [-0.39, 0.29) is 0 Å². The quantitative estimate of drug-likeness (QED) is 0.798. The van der Waals surface area contributed by atoms with Crippen LogP contribution >= 0.6 is 23.2 Å². The molecule has 2 nitrogen and oxygen atoms in total. The molecule has 0 N–H and O–H groups in total. The summed E-state index contributed by atoms with van der Waals surface area (Å²) in [6.45, 7) is 0.977. The molecule has 1 aromatic rings. The van der Waals surface area contributed by atoms with Crippen molar-refractivity contribution >= 4 is 23.2 Å². The predicted molar refractivity (Wildman–Crippen MR) is 59.0 cm³/mol. The number of hydrogen-bond donors (Lipinski definition) is 0. The Bertz CT molecular complexity index is 421. The zero-order valence-electron chi connectivity index (χ0n) is 7.96. The van der Waals surface area contributed by atoms with E-state index in [1.165, 1.54) is 0 Å². The SMILES string of the molecule is N#CC1(Cc2ccc(Cl)cc2Cl)COC1. The van der Waals surface area contributed by atoms with Crippen LogP contribution in [0.1, 0.15) is 5.56 Å². The van der Waals surface area contributed by atoms with Gasteiger partial charge in [-0.1, -0.05) is 29.3 Å². The summed E-state index contributed by atoms with van der Waals surface area (Å²) in [5.74, 6) is 0. The lowest BCUT2D eigenvalue weighted by molar-refractivity contribution is -0.0765. The van der Waals surface area contributed by atoms with Gasteiger partial charge in [-0.3, -0.25) is 0 Å². The van der Waals surface area contributed by atoms with E-state index in [0.717, 1.165) is 5.56 Å². The van der Waals surface area contributed by atoms with E-state index in [9.17, 15) is 0 Å². The molecule has 15 heavy (non-hydrogen) atoms. The van der Waals surface area contributed by atoms with Crippen molar-refractivity contribution in [1.82, 2.24) is 0 Å². The average molecular weight is 242 g/mol. The van der Waals surface area contributed by atoms with Crippen molar-refractivity contribution in [1.29, 1.82) is 5.26 Å². The maximum atomic E-state index is 9.04. The molecular formula is C11H9Cl2NO. The van der Waals surface area contributed by atoms with Crippen LogP contribution in [0.5, 0.6) is 0 Å². The number of nitriles is 1. The largest absolute Gasteiger partial charge is 0.378 e.